The first kappa shape index (κ1) is 34.6. The summed E-state index contributed by atoms with van der Waals surface area (Å²) in [5, 5.41) is 2.56. The summed E-state index contributed by atoms with van der Waals surface area (Å²) in [6.45, 7) is 14.0. The number of aryl methyl sites for hydroxylation is 2. The standard InChI is InChI=1S/C56H46N2/c1-35-19-29-44-47-34-54(36(2)32-50(47)56(5,6)49(44)31-35)57(41-28-30-43-42-13-7-10-16-48(42)55(3,4)51(43)33-41)39-24-20-37(21-25-39)38-22-26-40(27-23-38)58-52-17-11-8-14-45(52)46-15-9-12-18-53(46)58/h7-34H,1-6H3. The summed E-state index contributed by atoms with van der Waals surface area (Å²) < 4.78 is 2.38. The molecule has 0 spiro atoms. The maximum Gasteiger partial charge on any atom is 0.0541 e. The number of hydrogen-bond donors (Lipinski definition) is 0. The third-order valence-electron chi connectivity index (χ3n) is 13.4. The summed E-state index contributed by atoms with van der Waals surface area (Å²) in [5.74, 6) is 0. The number of para-hydroxylation sites is 2. The van der Waals surface area contributed by atoms with Crippen molar-refractivity contribution in [2.24, 2.45) is 0 Å². The molecule has 0 radical (unpaired) electrons. The van der Waals surface area contributed by atoms with Crippen molar-refractivity contribution in [3.05, 3.63) is 203 Å². The van der Waals surface area contributed by atoms with E-state index >= 15 is 0 Å². The van der Waals surface area contributed by atoms with Gasteiger partial charge in [-0.3, -0.25) is 0 Å². The molecule has 0 atom stereocenters. The molecule has 0 aliphatic heterocycles. The molecule has 2 aliphatic carbocycles. The largest absolute Gasteiger partial charge is 0.310 e. The van der Waals surface area contributed by atoms with Gasteiger partial charge < -0.3 is 9.47 Å². The van der Waals surface area contributed by atoms with E-state index in [1.165, 1.54) is 99.9 Å². The van der Waals surface area contributed by atoms with Crippen molar-refractivity contribution in [2.45, 2.75) is 52.4 Å². The van der Waals surface area contributed by atoms with Crippen LogP contribution in [0.2, 0.25) is 0 Å². The van der Waals surface area contributed by atoms with E-state index in [1.54, 1.807) is 0 Å². The van der Waals surface area contributed by atoms with Gasteiger partial charge in [0.05, 0.1) is 11.0 Å². The molecule has 2 nitrogen and oxygen atoms in total. The Kier molecular flexibility index (Phi) is 7.41. The lowest BCUT2D eigenvalue weighted by Crippen LogP contribution is -2.18. The van der Waals surface area contributed by atoms with Gasteiger partial charge in [0.25, 0.3) is 0 Å². The molecule has 0 N–H and O–H groups in total. The Morgan fingerprint density at radius 1 is 0.414 bits per heavy atom. The van der Waals surface area contributed by atoms with Gasteiger partial charge in [-0.15, -0.1) is 0 Å². The van der Waals surface area contributed by atoms with Gasteiger partial charge in [-0.1, -0.05) is 149 Å². The highest BCUT2D eigenvalue weighted by molar-refractivity contribution is 6.09. The zero-order chi connectivity index (χ0) is 39.5. The van der Waals surface area contributed by atoms with E-state index in [9.17, 15) is 0 Å². The van der Waals surface area contributed by atoms with Gasteiger partial charge in [0.15, 0.2) is 0 Å². The fourth-order valence-electron chi connectivity index (χ4n) is 10.3. The van der Waals surface area contributed by atoms with Gasteiger partial charge in [0.1, 0.15) is 0 Å². The molecule has 0 unspecified atom stereocenters. The lowest BCUT2D eigenvalue weighted by molar-refractivity contribution is 0.659. The van der Waals surface area contributed by atoms with E-state index in [0.717, 1.165) is 11.4 Å². The summed E-state index contributed by atoms with van der Waals surface area (Å²) in [5.41, 5.74) is 22.9. The van der Waals surface area contributed by atoms with Crippen molar-refractivity contribution in [3.63, 3.8) is 0 Å². The first-order chi connectivity index (χ1) is 28.1. The highest BCUT2D eigenvalue weighted by atomic mass is 15.1. The van der Waals surface area contributed by atoms with E-state index in [-0.39, 0.29) is 10.8 Å². The quantitative estimate of drug-likeness (QED) is 0.170. The van der Waals surface area contributed by atoms with Gasteiger partial charge in [0.2, 0.25) is 0 Å². The third kappa shape index (κ3) is 4.97. The molecule has 0 bridgehead atoms. The second-order valence-corrected chi connectivity index (χ2v) is 17.6. The van der Waals surface area contributed by atoms with Crippen LogP contribution in [-0.2, 0) is 10.8 Å². The van der Waals surface area contributed by atoms with Gasteiger partial charge in [-0.2, -0.15) is 0 Å². The van der Waals surface area contributed by atoms with Crippen LogP contribution >= 0.6 is 0 Å². The van der Waals surface area contributed by atoms with Gasteiger partial charge in [-0.05, 0) is 130 Å². The van der Waals surface area contributed by atoms with Crippen LogP contribution in [0.4, 0.5) is 17.1 Å². The number of anilines is 3. The SMILES string of the molecule is Cc1ccc2c(c1)C(C)(C)c1cc(C)c(N(c3ccc(-c4ccc(-n5c6ccccc6c6ccccc65)cc4)cc3)c3ccc4c(c3)C(C)(C)c3ccccc3-4)cc1-2. The maximum atomic E-state index is 2.49. The topological polar surface area (TPSA) is 8.17 Å². The van der Waals surface area contributed by atoms with Crippen LogP contribution in [0, 0.1) is 13.8 Å². The lowest BCUT2D eigenvalue weighted by Gasteiger charge is -2.30. The van der Waals surface area contributed by atoms with Gasteiger partial charge in [-0.25, -0.2) is 0 Å². The molecular formula is C56H46N2. The second kappa shape index (κ2) is 12.4. The molecular weight excluding hydrogens is 701 g/mol. The summed E-state index contributed by atoms with van der Waals surface area (Å²) in [6, 6.07) is 63.5. The number of benzene rings is 8. The molecule has 1 aromatic heterocycles. The van der Waals surface area contributed by atoms with E-state index in [1.807, 2.05) is 0 Å². The maximum absolute atomic E-state index is 2.49. The minimum Gasteiger partial charge on any atom is -0.310 e. The third-order valence-corrected chi connectivity index (χ3v) is 13.4. The average molecular weight is 747 g/mol. The molecule has 0 saturated heterocycles. The number of rotatable bonds is 5. The summed E-state index contributed by atoms with van der Waals surface area (Å²) in [4.78, 5) is 2.49. The first-order valence-electron chi connectivity index (χ1n) is 20.6. The molecule has 0 amide bonds. The predicted molar refractivity (Wildman–Crippen MR) is 246 cm³/mol. The fraction of sp³-hybridized carbons (Fsp3) is 0.143. The fourth-order valence-corrected chi connectivity index (χ4v) is 10.3. The highest BCUT2D eigenvalue weighted by Gasteiger charge is 2.38. The molecule has 280 valence electrons. The average Bonchev–Trinajstić information content (AvgIpc) is 3.78. The molecule has 1 heterocycles. The second-order valence-electron chi connectivity index (χ2n) is 17.6. The highest BCUT2D eigenvalue weighted by Crippen LogP contribution is 2.54. The van der Waals surface area contributed by atoms with Crippen LogP contribution in [0.25, 0.3) is 60.9 Å². The number of nitrogens with zero attached hydrogens (tertiary/aromatic N) is 2. The lowest BCUT2D eigenvalue weighted by atomic mass is 9.81. The van der Waals surface area contributed by atoms with E-state index < -0.39 is 0 Å². The first-order valence-corrected chi connectivity index (χ1v) is 20.6. The predicted octanol–water partition coefficient (Wildman–Crippen LogP) is 15.1. The number of aromatic nitrogens is 1. The Balaban J connectivity index is 1.02. The molecule has 2 heteroatoms. The van der Waals surface area contributed by atoms with Gasteiger partial charge >= 0.3 is 0 Å². The Morgan fingerprint density at radius 2 is 0.931 bits per heavy atom. The molecule has 2 aliphatic rings. The monoisotopic (exact) mass is 746 g/mol. The zero-order valence-electron chi connectivity index (χ0n) is 34.1. The van der Waals surface area contributed by atoms with Crippen LogP contribution in [0.3, 0.4) is 0 Å². The molecule has 11 rings (SSSR count). The Labute approximate surface area is 341 Å². The zero-order valence-corrected chi connectivity index (χ0v) is 34.1. The van der Waals surface area contributed by atoms with Crippen molar-refractivity contribution in [1.29, 1.82) is 0 Å². The Hall–Kier alpha value is -6.64. The van der Waals surface area contributed by atoms with Crippen molar-refractivity contribution < 1.29 is 0 Å². The van der Waals surface area contributed by atoms with Gasteiger partial charge in [0, 0.05) is 44.4 Å². The van der Waals surface area contributed by atoms with Crippen LogP contribution in [0.1, 0.15) is 61.1 Å². The minimum atomic E-state index is -0.101. The molecule has 0 fully saturated rings. The van der Waals surface area contributed by atoms with E-state index in [2.05, 4.69) is 221 Å². The minimum absolute atomic E-state index is 0.0626. The van der Waals surface area contributed by atoms with Crippen LogP contribution in [0.15, 0.2) is 170 Å². The van der Waals surface area contributed by atoms with Crippen molar-refractivity contribution in [1.82, 2.24) is 4.57 Å². The van der Waals surface area contributed by atoms with Crippen LogP contribution < -0.4 is 4.90 Å². The van der Waals surface area contributed by atoms with Crippen molar-refractivity contribution in [2.75, 3.05) is 4.90 Å². The molecule has 58 heavy (non-hydrogen) atoms. The normalized spacial score (nSPS) is 14.3. The molecule has 9 aromatic rings. The number of hydrogen-bond acceptors (Lipinski definition) is 1. The van der Waals surface area contributed by atoms with Crippen LogP contribution in [0.5, 0.6) is 0 Å². The summed E-state index contributed by atoms with van der Waals surface area (Å²) in [6.07, 6.45) is 0. The van der Waals surface area contributed by atoms with Crippen molar-refractivity contribution in [3.8, 4) is 39.1 Å². The molecule has 0 saturated carbocycles. The Morgan fingerprint density at radius 3 is 1.64 bits per heavy atom. The summed E-state index contributed by atoms with van der Waals surface area (Å²) in [7, 11) is 0. The number of fused-ring (bicyclic) bond motifs is 9. The summed E-state index contributed by atoms with van der Waals surface area (Å²) >= 11 is 0. The van der Waals surface area contributed by atoms with E-state index in [0.29, 0.717) is 0 Å². The molecule has 8 aromatic carbocycles. The van der Waals surface area contributed by atoms with Crippen molar-refractivity contribution >= 4 is 38.9 Å². The Bertz CT molecular complexity index is 3070. The smallest absolute Gasteiger partial charge is 0.0541 e. The van der Waals surface area contributed by atoms with Crippen LogP contribution in [-0.4, -0.2) is 4.57 Å². The van der Waals surface area contributed by atoms with E-state index in [4.69, 9.17) is 0 Å².